The first-order valence-corrected chi connectivity index (χ1v) is 5.21. The van der Waals surface area contributed by atoms with Gasteiger partial charge in [0.15, 0.2) is 0 Å². The lowest BCUT2D eigenvalue weighted by Gasteiger charge is -2.09. The van der Waals surface area contributed by atoms with Gasteiger partial charge in [0.1, 0.15) is 0 Å². The summed E-state index contributed by atoms with van der Waals surface area (Å²) >= 11 is 0. The van der Waals surface area contributed by atoms with E-state index in [2.05, 4.69) is 4.74 Å². The smallest absolute Gasteiger partial charge is 0.465 e. The third kappa shape index (κ3) is 2.10. The second kappa shape index (κ2) is 4.27. The lowest BCUT2D eigenvalue weighted by atomic mass is 9.75. The molecule has 1 aliphatic carbocycles. The topological polar surface area (TPSA) is 66.8 Å². The SMILES string of the molecule is COC(=O)c1ccc(C2CC2)c(B(O)O)c1. The van der Waals surface area contributed by atoms with E-state index in [4.69, 9.17) is 0 Å². The molecule has 1 aliphatic rings. The molecule has 0 amide bonds. The highest BCUT2D eigenvalue weighted by atomic mass is 16.5. The normalized spacial score (nSPS) is 14.7. The highest BCUT2D eigenvalue weighted by Crippen LogP contribution is 2.39. The molecule has 0 aromatic heterocycles. The molecular weight excluding hydrogens is 207 g/mol. The maximum atomic E-state index is 11.3. The molecule has 0 bridgehead atoms. The maximum Gasteiger partial charge on any atom is 0.488 e. The number of ether oxygens (including phenoxy) is 1. The van der Waals surface area contributed by atoms with E-state index in [1.807, 2.05) is 0 Å². The monoisotopic (exact) mass is 220 g/mol. The molecule has 1 aromatic rings. The number of hydrogen-bond acceptors (Lipinski definition) is 4. The fraction of sp³-hybridized carbons (Fsp3) is 0.364. The Hall–Kier alpha value is -1.33. The minimum atomic E-state index is -1.54. The summed E-state index contributed by atoms with van der Waals surface area (Å²) in [6.45, 7) is 0. The molecule has 2 N–H and O–H groups in total. The van der Waals surface area contributed by atoms with Crippen LogP contribution in [-0.4, -0.2) is 30.2 Å². The standard InChI is InChI=1S/C11H13BO4/c1-16-11(13)8-4-5-9(7-2-3-7)10(6-8)12(14)15/h4-7,14-15H,2-3H2,1H3. The van der Waals surface area contributed by atoms with Crippen LogP contribution < -0.4 is 5.46 Å². The van der Waals surface area contributed by atoms with E-state index in [9.17, 15) is 14.8 Å². The van der Waals surface area contributed by atoms with Gasteiger partial charge in [0, 0.05) is 0 Å². The largest absolute Gasteiger partial charge is 0.488 e. The van der Waals surface area contributed by atoms with Crippen LogP contribution in [0.5, 0.6) is 0 Å². The van der Waals surface area contributed by atoms with Gasteiger partial charge in [0.25, 0.3) is 0 Å². The van der Waals surface area contributed by atoms with Crippen LogP contribution in [0.2, 0.25) is 0 Å². The van der Waals surface area contributed by atoms with Crippen LogP contribution in [-0.2, 0) is 4.74 Å². The molecule has 5 heteroatoms. The number of benzene rings is 1. The van der Waals surface area contributed by atoms with Crippen LogP contribution in [0.1, 0.15) is 34.7 Å². The summed E-state index contributed by atoms with van der Waals surface area (Å²) in [5.41, 5.74) is 1.67. The van der Waals surface area contributed by atoms with Crippen molar-refractivity contribution >= 4 is 18.6 Å². The molecule has 4 nitrogen and oxygen atoms in total. The second-order valence-corrected chi connectivity index (χ2v) is 3.98. The van der Waals surface area contributed by atoms with Gasteiger partial charge in [-0.05, 0) is 41.9 Å². The molecule has 0 spiro atoms. The van der Waals surface area contributed by atoms with Gasteiger partial charge in [-0.3, -0.25) is 0 Å². The van der Waals surface area contributed by atoms with Crippen molar-refractivity contribution in [1.82, 2.24) is 0 Å². The van der Waals surface area contributed by atoms with Crippen LogP contribution in [0.3, 0.4) is 0 Å². The minimum absolute atomic E-state index is 0.343. The molecule has 1 aromatic carbocycles. The molecule has 0 aliphatic heterocycles. The molecular formula is C11H13BO4. The van der Waals surface area contributed by atoms with Crippen LogP contribution in [0.4, 0.5) is 0 Å². The summed E-state index contributed by atoms with van der Waals surface area (Å²) in [7, 11) is -0.244. The Balaban J connectivity index is 2.39. The van der Waals surface area contributed by atoms with Crippen molar-refractivity contribution in [3.63, 3.8) is 0 Å². The fourth-order valence-corrected chi connectivity index (χ4v) is 1.81. The molecule has 84 valence electrons. The summed E-state index contributed by atoms with van der Waals surface area (Å²) in [5.74, 6) is -0.0623. The van der Waals surface area contributed by atoms with E-state index in [0.717, 1.165) is 18.4 Å². The van der Waals surface area contributed by atoms with Crippen LogP contribution >= 0.6 is 0 Å². The lowest BCUT2D eigenvalue weighted by Crippen LogP contribution is -2.33. The van der Waals surface area contributed by atoms with Crippen molar-refractivity contribution in [1.29, 1.82) is 0 Å². The van der Waals surface area contributed by atoms with Gasteiger partial charge in [-0.15, -0.1) is 0 Å². The molecule has 1 saturated carbocycles. The van der Waals surface area contributed by atoms with Crippen molar-refractivity contribution in [2.24, 2.45) is 0 Å². The number of methoxy groups -OCH3 is 1. The van der Waals surface area contributed by atoms with Gasteiger partial charge in [-0.1, -0.05) is 6.07 Å². The first-order valence-electron chi connectivity index (χ1n) is 5.21. The van der Waals surface area contributed by atoms with E-state index < -0.39 is 13.1 Å². The van der Waals surface area contributed by atoms with Gasteiger partial charge in [-0.25, -0.2) is 4.79 Å². The summed E-state index contributed by atoms with van der Waals surface area (Å²) in [6.07, 6.45) is 2.13. The summed E-state index contributed by atoms with van der Waals surface area (Å²) in [4.78, 5) is 11.3. The molecule has 0 atom stereocenters. The summed E-state index contributed by atoms with van der Waals surface area (Å²) in [6, 6.07) is 4.92. The Morgan fingerprint density at radius 2 is 2.12 bits per heavy atom. The lowest BCUT2D eigenvalue weighted by molar-refractivity contribution is 0.0601. The third-order valence-corrected chi connectivity index (χ3v) is 2.80. The Bertz CT molecular complexity index is 412. The Kier molecular flexibility index (Phi) is 2.98. The number of esters is 1. The van der Waals surface area contributed by atoms with Crippen LogP contribution in [0.15, 0.2) is 18.2 Å². The average Bonchev–Trinajstić information content (AvgIpc) is 3.11. The molecule has 2 rings (SSSR count). The number of rotatable bonds is 3. The summed E-state index contributed by atoms with van der Waals surface area (Å²) in [5, 5.41) is 18.5. The fourth-order valence-electron chi connectivity index (χ4n) is 1.81. The van der Waals surface area contributed by atoms with E-state index in [1.54, 1.807) is 12.1 Å². The average molecular weight is 220 g/mol. The molecule has 0 saturated heterocycles. The Morgan fingerprint density at radius 1 is 1.44 bits per heavy atom. The van der Waals surface area contributed by atoms with E-state index >= 15 is 0 Å². The van der Waals surface area contributed by atoms with E-state index in [-0.39, 0.29) is 0 Å². The van der Waals surface area contributed by atoms with Crippen molar-refractivity contribution in [2.75, 3.05) is 7.11 Å². The van der Waals surface area contributed by atoms with Gasteiger partial charge in [0.05, 0.1) is 12.7 Å². The predicted molar refractivity (Wildman–Crippen MR) is 59.6 cm³/mol. The second-order valence-electron chi connectivity index (χ2n) is 3.98. The van der Waals surface area contributed by atoms with Gasteiger partial charge in [0.2, 0.25) is 0 Å². The highest BCUT2D eigenvalue weighted by molar-refractivity contribution is 6.59. The van der Waals surface area contributed by atoms with Crippen LogP contribution in [0.25, 0.3) is 0 Å². The molecule has 16 heavy (non-hydrogen) atoms. The number of hydrogen-bond donors (Lipinski definition) is 2. The zero-order valence-corrected chi connectivity index (χ0v) is 9.01. The predicted octanol–water partition coefficient (Wildman–Crippen LogP) is 0.0304. The zero-order valence-electron chi connectivity index (χ0n) is 9.01. The quantitative estimate of drug-likeness (QED) is 0.557. The minimum Gasteiger partial charge on any atom is -0.465 e. The first kappa shape index (κ1) is 11.2. The van der Waals surface area contributed by atoms with Gasteiger partial charge in [-0.2, -0.15) is 0 Å². The van der Waals surface area contributed by atoms with Crippen molar-refractivity contribution in [3.05, 3.63) is 29.3 Å². The van der Waals surface area contributed by atoms with E-state index in [0.29, 0.717) is 16.9 Å². The zero-order chi connectivity index (χ0) is 11.7. The molecule has 0 heterocycles. The van der Waals surface area contributed by atoms with Crippen molar-refractivity contribution in [2.45, 2.75) is 18.8 Å². The van der Waals surface area contributed by atoms with Crippen LogP contribution in [0, 0.1) is 0 Å². The molecule has 0 unspecified atom stereocenters. The Morgan fingerprint density at radius 3 is 2.62 bits per heavy atom. The van der Waals surface area contributed by atoms with E-state index in [1.165, 1.54) is 13.2 Å². The molecule has 0 radical (unpaired) electrons. The first-order chi connectivity index (χ1) is 7.63. The van der Waals surface area contributed by atoms with Gasteiger partial charge < -0.3 is 14.8 Å². The van der Waals surface area contributed by atoms with Gasteiger partial charge >= 0.3 is 13.1 Å². The number of carbonyl (C=O) groups excluding carboxylic acids is 1. The summed E-state index contributed by atoms with van der Waals surface area (Å²) < 4.78 is 4.58. The maximum absolute atomic E-state index is 11.3. The van der Waals surface area contributed by atoms with Crippen molar-refractivity contribution in [3.8, 4) is 0 Å². The van der Waals surface area contributed by atoms with Crippen molar-refractivity contribution < 1.29 is 19.6 Å². The Labute approximate surface area is 94.0 Å². The molecule has 1 fully saturated rings. The third-order valence-electron chi connectivity index (χ3n) is 2.80. The number of carbonyl (C=O) groups is 1. The highest BCUT2D eigenvalue weighted by Gasteiger charge is 2.29.